The Morgan fingerprint density at radius 2 is 1.73 bits per heavy atom. The largest absolute Gasteiger partial charge is 0.369 e. The fourth-order valence-corrected chi connectivity index (χ4v) is 11.5. The maximum atomic E-state index is 7.11. The average molecular weight is 509 g/mol. The summed E-state index contributed by atoms with van der Waals surface area (Å²) in [5.74, 6) is 6.05. The van der Waals surface area contributed by atoms with Crippen LogP contribution in [0.2, 0.25) is 0 Å². The Morgan fingerprint density at radius 1 is 0.919 bits per heavy atom. The maximum Gasteiger partial charge on any atom is 0.0765 e. The zero-order chi connectivity index (χ0) is 25.5. The molecule has 208 valence electrons. The summed E-state index contributed by atoms with van der Waals surface area (Å²) >= 11 is 0. The summed E-state index contributed by atoms with van der Waals surface area (Å²) < 4.78 is 7.11. The summed E-state index contributed by atoms with van der Waals surface area (Å²) in [6.07, 6.45) is 17.3. The van der Waals surface area contributed by atoms with Gasteiger partial charge in [-0.05, 0) is 145 Å². The molecule has 7 rings (SSSR count). The Kier molecular flexibility index (Phi) is 6.45. The van der Waals surface area contributed by atoms with Crippen LogP contribution in [-0.2, 0) is 4.74 Å². The van der Waals surface area contributed by atoms with E-state index in [1.807, 2.05) is 5.57 Å². The molecule has 0 aromatic heterocycles. The number of hydrogen-bond acceptors (Lipinski definition) is 3. The number of piperidine rings is 2. The van der Waals surface area contributed by atoms with Crippen molar-refractivity contribution in [3.05, 3.63) is 11.1 Å². The van der Waals surface area contributed by atoms with Crippen LogP contribution < -0.4 is 5.32 Å². The van der Waals surface area contributed by atoms with Gasteiger partial charge in [0.15, 0.2) is 0 Å². The van der Waals surface area contributed by atoms with Gasteiger partial charge in [0, 0.05) is 18.0 Å². The Balaban J connectivity index is 1.08. The minimum Gasteiger partial charge on any atom is -0.369 e. The molecule has 7 aliphatic rings. The Morgan fingerprint density at radius 3 is 2.54 bits per heavy atom. The molecule has 1 N–H and O–H groups in total. The molecule has 0 aromatic carbocycles. The summed E-state index contributed by atoms with van der Waals surface area (Å²) in [4.78, 5) is 2.91. The van der Waals surface area contributed by atoms with Crippen molar-refractivity contribution in [2.75, 3.05) is 19.6 Å². The molecule has 3 heterocycles. The third-order valence-electron chi connectivity index (χ3n) is 13.9. The van der Waals surface area contributed by atoms with E-state index in [1.165, 1.54) is 96.7 Å². The number of ether oxygens (including phenoxy) is 1. The molecular formula is C34H56N2O. The van der Waals surface area contributed by atoms with Gasteiger partial charge in [-0.15, -0.1) is 0 Å². The first-order valence-corrected chi connectivity index (χ1v) is 16.6. The molecule has 3 nitrogen and oxygen atoms in total. The van der Waals surface area contributed by atoms with E-state index in [4.69, 9.17) is 4.74 Å². The second kappa shape index (κ2) is 9.34. The minimum absolute atomic E-state index is 0.0917. The summed E-state index contributed by atoms with van der Waals surface area (Å²) in [5, 5.41) is 3.90. The lowest BCUT2D eigenvalue weighted by atomic mass is 9.52. The van der Waals surface area contributed by atoms with Crippen molar-refractivity contribution in [3.63, 3.8) is 0 Å². The second-order valence-corrected chi connectivity index (χ2v) is 15.8. The predicted molar refractivity (Wildman–Crippen MR) is 152 cm³/mol. The normalized spacial score (nSPS) is 52.9. The molecule has 3 heteroatoms. The van der Waals surface area contributed by atoms with Crippen LogP contribution in [0.3, 0.4) is 0 Å². The number of rotatable bonds is 1. The molecule has 0 radical (unpaired) electrons. The topological polar surface area (TPSA) is 24.5 Å². The highest BCUT2D eigenvalue weighted by atomic mass is 16.5. The van der Waals surface area contributed by atoms with Crippen LogP contribution in [0.25, 0.3) is 0 Å². The van der Waals surface area contributed by atoms with E-state index in [-0.39, 0.29) is 5.60 Å². The Hall–Kier alpha value is -0.380. The van der Waals surface area contributed by atoms with E-state index >= 15 is 0 Å². The van der Waals surface area contributed by atoms with Crippen molar-refractivity contribution in [1.29, 1.82) is 0 Å². The van der Waals surface area contributed by atoms with Crippen molar-refractivity contribution in [1.82, 2.24) is 10.2 Å². The molecule has 3 saturated carbocycles. The number of hydrogen-bond donors (Lipinski definition) is 1. The van der Waals surface area contributed by atoms with Crippen LogP contribution in [0.1, 0.15) is 112 Å². The van der Waals surface area contributed by atoms with Crippen LogP contribution in [0.15, 0.2) is 11.1 Å². The monoisotopic (exact) mass is 508 g/mol. The van der Waals surface area contributed by atoms with Crippen molar-refractivity contribution < 1.29 is 4.74 Å². The zero-order valence-electron chi connectivity index (χ0n) is 24.7. The van der Waals surface area contributed by atoms with E-state index in [2.05, 4.69) is 44.8 Å². The highest BCUT2D eigenvalue weighted by molar-refractivity contribution is 5.29. The molecule has 3 aliphatic heterocycles. The number of fused-ring (bicyclic) bond motifs is 6. The molecule has 11 atom stereocenters. The number of allylic oxidation sites excluding steroid dienone is 1. The predicted octanol–water partition coefficient (Wildman–Crippen LogP) is 7.21. The van der Waals surface area contributed by atoms with Gasteiger partial charge in [-0.2, -0.15) is 0 Å². The zero-order valence-corrected chi connectivity index (χ0v) is 24.7. The first-order chi connectivity index (χ1) is 17.8. The van der Waals surface area contributed by atoms with Crippen molar-refractivity contribution in [3.8, 4) is 0 Å². The number of nitrogens with zero attached hydrogens (tertiary/aromatic N) is 1. The van der Waals surface area contributed by atoms with Crippen molar-refractivity contribution >= 4 is 0 Å². The Bertz CT molecular complexity index is 905. The molecule has 37 heavy (non-hydrogen) atoms. The lowest BCUT2D eigenvalue weighted by Crippen LogP contribution is -2.52. The lowest BCUT2D eigenvalue weighted by Gasteiger charge is -2.56. The summed E-state index contributed by atoms with van der Waals surface area (Å²) in [6, 6.07) is 1.46. The van der Waals surface area contributed by atoms with Gasteiger partial charge in [-0.1, -0.05) is 38.8 Å². The van der Waals surface area contributed by atoms with E-state index in [1.54, 1.807) is 5.57 Å². The van der Waals surface area contributed by atoms with Gasteiger partial charge in [0.2, 0.25) is 0 Å². The molecule has 0 aromatic rings. The van der Waals surface area contributed by atoms with Crippen molar-refractivity contribution in [2.45, 2.75) is 135 Å². The van der Waals surface area contributed by atoms with Crippen LogP contribution >= 0.6 is 0 Å². The average Bonchev–Trinajstić information content (AvgIpc) is 3.34. The van der Waals surface area contributed by atoms with Gasteiger partial charge in [-0.25, -0.2) is 0 Å². The molecule has 1 spiro atoms. The lowest BCUT2D eigenvalue weighted by molar-refractivity contribution is -0.0772. The molecule has 6 fully saturated rings. The molecule has 0 amide bonds. The van der Waals surface area contributed by atoms with Gasteiger partial charge < -0.3 is 15.0 Å². The van der Waals surface area contributed by atoms with Gasteiger partial charge in [-0.3, -0.25) is 0 Å². The van der Waals surface area contributed by atoms with E-state index in [9.17, 15) is 0 Å². The number of nitrogens with one attached hydrogen (secondary N) is 1. The van der Waals surface area contributed by atoms with E-state index in [0.29, 0.717) is 23.5 Å². The molecule has 2 unspecified atom stereocenters. The standard InChI is InChI=1S/C34H56N2O/c1-21-10-14-36(15-11-21)26-8-12-33(5)25(17-26)6-7-28-27-9-13-34(19-23(3)29(27)18-30(28)33)24(4)32-31(37-34)16-22(2)20-35-32/h21-22,24-28,30-32,35H,6-20H2,1-5H3/t22-,24+,25?,26?,27-,28-,30-,31+,32-,33-,34-/m0/s1. The smallest absolute Gasteiger partial charge is 0.0765 e. The van der Waals surface area contributed by atoms with Gasteiger partial charge >= 0.3 is 0 Å². The first kappa shape index (κ1) is 25.6. The Labute approximate surface area is 227 Å². The third-order valence-corrected chi connectivity index (χ3v) is 13.9. The van der Waals surface area contributed by atoms with Crippen LogP contribution in [0.4, 0.5) is 0 Å². The highest BCUT2D eigenvalue weighted by Crippen LogP contribution is 2.65. The van der Waals surface area contributed by atoms with E-state index in [0.717, 1.165) is 41.5 Å². The molecular weight excluding hydrogens is 452 g/mol. The van der Waals surface area contributed by atoms with E-state index < -0.39 is 0 Å². The van der Waals surface area contributed by atoms with Crippen LogP contribution in [-0.4, -0.2) is 48.3 Å². The second-order valence-electron chi connectivity index (χ2n) is 15.8. The maximum absolute atomic E-state index is 7.11. The van der Waals surface area contributed by atoms with Gasteiger partial charge in [0.1, 0.15) is 0 Å². The number of likely N-dealkylation sites (tertiary alicyclic amines) is 1. The first-order valence-electron chi connectivity index (χ1n) is 16.6. The quantitative estimate of drug-likeness (QED) is 0.379. The third kappa shape index (κ3) is 4.06. The fraction of sp³-hybridized carbons (Fsp3) is 0.941. The summed E-state index contributed by atoms with van der Waals surface area (Å²) in [7, 11) is 0. The minimum atomic E-state index is 0.0917. The molecule has 0 bridgehead atoms. The van der Waals surface area contributed by atoms with Crippen LogP contribution in [0.5, 0.6) is 0 Å². The molecule has 3 saturated heterocycles. The van der Waals surface area contributed by atoms with Gasteiger partial charge in [0.05, 0.1) is 11.7 Å². The molecule has 4 aliphatic carbocycles. The van der Waals surface area contributed by atoms with Gasteiger partial charge in [0.25, 0.3) is 0 Å². The van der Waals surface area contributed by atoms with Crippen molar-refractivity contribution in [2.24, 2.45) is 46.8 Å². The highest BCUT2D eigenvalue weighted by Gasteiger charge is 2.59. The summed E-state index contributed by atoms with van der Waals surface area (Å²) in [6.45, 7) is 16.6. The SMILES string of the molecule is CC1=C2C[C@H]3[C@@H](CCC4CC(N5CCC(C)CC5)CC[C@@]43C)[C@@H]2CC[C@@]2(C1)O[C@@H]1C[C@H](C)CN[C@H]1[C@H]2C. The van der Waals surface area contributed by atoms with Crippen LogP contribution in [0, 0.1) is 46.8 Å². The summed E-state index contributed by atoms with van der Waals surface area (Å²) in [5.41, 5.74) is 4.33. The fourth-order valence-electron chi connectivity index (χ4n) is 11.5.